The molecule has 1 unspecified atom stereocenters. The summed E-state index contributed by atoms with van der Waals surface area (Å²) in [6, 6.07) is 0.0115. The molecule has 1 atom stereocenters. The largest absolute Gasteiger partial charge is 0.383 e. The number of piperidine rings is 1. The second-order valence-electron chi connectivity index (χ2n) is 5.58. The highest BCUT2D eigenvalue weighted by molar-refractivity contribution is 5.80. The van der Waals surface area contributed by atoms with Crippen molar-refractivity contribution in [1.82, 2.24) is 15.1 Å². The van der Waals surface area contributed by atoms with Gasteiger partial charge in [-0.3, -0.25) is 9.69 Å². The number of likely N-dealkylation sites (tertiary alicyclic amines) is 1. The minimum atomic E-state index is 0.0115. The van der Waals surface area contributed by atoms with Crippen LogP contribution in [0.3, 0.4) is 0 Å². The van der Waals surface area contributed by atoms with Gasteiger partial charge in [-0.1, -0.05) is 0 Å². The van der Waals surface area contributed by atoms with Crippen LogP contribution in [0.1, 0.15) is 19.8 Å². The number of methoxy groups -OCH3 is 1. The summed E-state index contributed by atoms with van der Waals surface area (Å²) < 4.78 is 5.02. The third-order valence-electron chi connectivity index (χ3n) is 3.91. The Morgan fingerprint density at radius 2 is 2.05 bits per heavy atom. The molecule has 1 rings (SSSR count). The van der Waals surface area contributed by atoms with Gasteiger partial charge in [0.2, 0.25) is 5.91 Å². The Kier molecular flexibility index (Phi) is 7.34. The summed E-state index contributed by atoms with van der Waals surface area (Å²) >= 11 is 0. The minimum absolute atomic E-state index is 0.0115. The van der Waals surface area contributed by atoms with Crippen molar-refractivity contribution in [2.75, 3.05) is 54.0 Å². The molecule has 1 amide bonds. The number of likely N-dealkylation sites (N-methyl/N-ethyl adjacent to an activating group) is 1. The monoisotopic (exact) mass is 271 g/mol. The number of carbonyl (C=O) groups is 1. The quantitative estimate of drug-likeness (QED) is 0.681. The van der Waals surface area contributed by atoms with E-state index in [0.29, 0.717) is 0 Å². The Morgan fingerprint density at radius 1 is 1.42 bits per heavy atom. The summed E-state index contributed by atoms with van der Waals surface area (Å²) in [4.78, 5) is 15.9. The van der Waals surface area contributed by atoms with Gasteiger partial charge in [0.05, 0.1) is 12.6 Å². The molecule has 0 aliphatic carbocycles. The molecule has 0 spiro atoms. The average Bonchev–Trinajstić information content (AvgIpc) is 2.42. The van der Waals surface area contributed by atoms with Crippen LogP contribution in [-0.4, -0.2) is 75.7 Å². The van der Waals surface area contributed by atoms with Gasteiger partial charge in [0.1, 0.15) is 0 Å². The van der Waals surface area contributed by atoms with Gasteiger partial charge in [-0.2, -0.15) is 0 Å². The topological polar surface area (TPSA) is 44.8 Å². The van der Waals surface area contributed by atoms with Gasteiger partial charge in [0, 0.05) is 27.7 Å². The highest BCUT2D eigenvalue weighted by Gasteiger charge is 2.27. The third kappa shape index (κ3) is 5.47. The summed E-state index contributed by atoms with van der Waals surface area (Å²) in [7, 11) is 5.37. The van der Waals surface area contributed by atoms with E-state index in [1.807, 2.05) is 21.0 Å². The molecule has 0 aromatic rings. The van der Waals surface area contributed by atoms with Crippen LogP contribution < -0.4 is 5.32 Å². The van der Waals surface area contributed by atoms with Crippen molar-refractivity contribution in [2.24, 2.45) is 5.92 Å². The Bertz CT molecular complexity index is 263. The Hall–Kier alpha value is -0.650. The number of hydrogen-bond acceptors (Lipinski definition) is 4. The van der Waals surface area contributed by atoms with Crippen molar-refractivity contribution in [3.8, 4) is 0 Å². The van der Waals surface area contributed by atoms with Crippen LogP contribution in [-0.2, 0) is 9.53 Å². The van der Waals surface area contributed by atoms with Crippen LogP contribution in [0.5, 0.6) is 0 Å². The Labute approximate surface area is 117 Å². The fourth-order valence-electron chi connectivity index (χ4n) is 2.55. The summed E-state index contributed by atoms with van der Waals surface area (Å²) in [6.07, 6.45) is 2.34. The lowest BCUT2D eigenvalue weighted by atomic mass is 9.95. The molecule has 19 heavy (non-hydrogen) atoms. The molecule has 0 aromatic carbocycles. The Balaban J connectivity index is 2.23. The number of nitrogens with one attached hydrogen (secondary N) is 1. The van der Waals surface area contributed by atoms with E-state index in [4.69, 9.17) is 4.74 Å². The molecule has 1 fully saturated rings. The van der Waals surface area contributed by atoms with Gasteiger partial charge in [0.15, 0.2) is 0 Å². The van der Waals surface area contributed by atoms with E-state index in [1.165, 1.54) is 12.8 Å². The van der Waals surface area contributed by atoms with Crippen LogP contribution >= 0.6 is 0 Å². The van der Waals surface area contributed by atoms with Crippen LogP contribution in [0.25, 0.3) is 0 Å². The van der Waals surface area contributed by atoms with E-state index in [2.05, 4.69) is 10.2 Å². The number of ether oxygens (including phenoxy) is 1. The molecule has 1 heterocycles. The molecular weight excluding hydrogens is 242 g/mol. The van der Waals surface area contributed by atoms with E-state index < -0.39 is 0 Å². The SMILES string of the molecule is COCCNCC1CCN(C(C)C(=O)N(C)C)CC1. The van der Waals surface area contributed by atoms with E-state index in [1.54, 1.807) is 12.0 Å². The predicted molar refractivity (Wildman–Crippen MR) is 77.2 cm³/mol. The van der Waals surface area contributed by atoms with Crippen molar-refractivity contribution < 1.29 is 9.53 Å². The maximum Gasteiger partial charge on any atom is 0.239 e. The maximum atomic E-state index is 11.9. The van der Waals surface area contributed by atoms with Crippen molar-refractivity contribution in [1.29, 1.82) is 0 Å². The second kappa shape index (κ2) is 8.51. The summed E-state index contributed by atoms with van der Waals surface area (Å²) in [5, 5.41) is 3.42. The molecule has 1 aliphatic heterocycles. The molecule has 5 nitrogen and oxygen atoms in total. The van der Waals surface area contributed by atoms with Gasteiger partial charge >= 0.3 is 0 Å². The molecule has 1 saturated heterocycles. The molecule has 5 heteroatoms. The van der Waals surface area contributed by atoms with E-state index >= 15 is 0 Å². The van der Waals surface area contributed by atoms with Crippen LogP contribution in [0.15, 0.2) is 0 Å². The summed E-state index contributed by atoms with van der Waals surface area (Å²) in [5.41, 5.74) is 0. The molecule has 1 N–H and O–H groups in total. The fraction of sp³-hybridized carbons (Fsp3) is 0.929. The second-order valence-corrected chi connectivity index (χ2v) is 5.58. The highest BCUT2D eigenvalue weighted by atomic mass is 16.5. The molecule has 0 radical (unpaired) electrons. The lowest BCUT2D eigenvalue weighted by Crippen LogP contribution is -2.48. The molecule has 0 saturated carbocycles. The Morgan fingerprint density at radius 3 is 2.58 bits per heavy atom. The zero-order valence-electron chi connectivity index (χ0n) is 12.8. The maximum absolute atomic E-state index is 11.9. The smallest absolute Gasteiger partial charge is 0.239 e. The van der Waals surface area contributed by atoms with Crippen molar-refractivity contribution in [2.45, 2.75) is 25.8 Å². The zero-order valence-corrected chi connectivity index (χ0v) is 12.8. The van der Waals surface area contributed by atoms with Crippen LogP contribution in [0.4, 0.5) is 0 Å². The van der Waals surface area contributed by atoms with Gasteiger partial charge in [0.25, 0.3) is 0 Å². The molecular formula is C14H29N3O2. The minimum Gasteiger partial charge on any atom is -0.383 e. The first kappa shape index (κ1) is 16.4. The summed E-state index contributed by atoms with van der Waals surface area (Å²) in [5.74, 6) is 0.937. The van der Waals surface area contributed by atoms with E-state index in [9.17, 15) is 4.79 Å². The van der Waals surface area contributed by atoms with Crippen LogP contribution in [0.2, 0.25) is 0 Å². The number of nitrogens with zero attached hydrogens (tertiary/aromatic N) is 2. The first-order chi connectivity index (χ1) is 9.06. The van der Waals surface area contributed by atoms with Crippen molar-refractivity contribution in [3.05, 3.63) is 0 Å². The van der Waals surface area contributed by atoms with Gasteiger partial charge in [-0.05, 0) is 45.3 Å². The highest BCUT2D eigenvalue weighted by Crippen LogP contribution is 2.18. The molecule has 0 aromatic heterocycles. The number of hydrogen-bond donors (Lipinski definition) is 1. The number of carbonyl (C=O) groups excluding carboxylic acids is 1. The van der Waals surface area contributed by atoms with E-state index in [-0.39, 0.29) is 11.9 Å². The standard InChI is InChI=1S/C14H29N3O2/c1-12(14(18)16(2)3)17-8-5-13(6-9-17)11-15-7-10-19-4/h12-13,15H,5-11H2,1-4H3. The molecule has 0 bridgehead atoms. The normalized spacial score (nSPS) is 19.4. The predicted octanol–water partition coefficient (Wildman–Crippen LogP) is 0.411. The van der Waals surface area contributed by atoms with Gasteiger partial charge in [-0.25, -0.2) is 0 Å². The molecule has 1 aliphatic rings. The van der Waals surface area contributed by atoms with Gasteiger partial charge < -0.3 is 15.0 Å². The lowest BCUT2D eigenvalue weighted by Gasteiger charge is -2.36. The van der Waals surface area contributed by atoms with Crippen molar-refractivity contribution >= 4 is 5.91 Å². The zero-order chi connectivity index (χ0) is 14.3. The van der Waals surface area contributed by atoms with Crippen molar-refractivity contribution in [3.63, 3.8) is 0 Å². The summed E-state index contributed by atoms with van der Waals surface area (Å²) in [6.45, 7) is 6.82. The first-order valence-corrected chi connectivity index (χ1v) is 7.21. The lowest BCUT2D eigenvalue weighted by molar-refractivity contribution is -0.134. The third-order valence-corrected chi connectivity index (χ3v) is 3.91. The molecule has 112 valence electrons. The fourth-order valence-corrected chi connectivity index (χ4v) is 2.55. The number of amides is 1. The average molecular weight is 271 g/mol. The van der Waals surface area contributed by atoms with Crippen LogP contribution in [0, 0.1) is 5.92 Å². The van der Waals surface area contributed by atoms with Gasteiger partial charge in [-0.15, -0.1) is 0 Å². The van der Waals surface area contributed by atoms with E-state index in [0.717, 1.165) is 38.7 Å². The first-order valence-electron chi connectivity index (χ1n) is 7.21. The number of rotatable bonds is 7.